The number of benzene rings is 1. The normalized spacial score (nSPS) is 19.5. The number of hydrogen-bond donors (Lipinski definition) is 0. The topological polar surface area (TPSA) is 72.4 Å². The van der Waals surface area contributed by atoms with Crippen LogP contribution in [0, 0.1) is 0 Å². The van der Waals surface area contributed by atoms with Crippen LogP contribution in [0.1, 0.15) is 27.2 Å². The monoisotopic (exact) mass is 347 g/mol. The van der Waals surface area contributed by atoms with Gasteiger partial charge in [-0.15, -0.1) is 0 Å². The molecule has 0 unspecified atom stereocenters. The van der Waals surface area contributed by atoms with Crippen molar-refractivity contribution in [1.82, 2.24) is 14.9 Å². The van der Waals surface area contributed by atoms with Gasteiger partial charge in [-0.1, -0.05) is 12.1 Å². The van der Waals surface area contributed by atoms with Gasteiger partial charge in [0.05, 0.1) is 33.3 Å². The Labute approximate surface area is 143 Å². The van der Waals surface area contributed by atoms with Gasteiger partial charge in [-0.05, 0) is 39.3 Å². The molecule has 2 aromatic rings. The van der Waals surface area contributed by atoms with Gasteiger partial charge in [0.25, 0.3) is 0 Å². The summed E-state index contributed by atoms with van der Waals surface area (Å²) in [5.41, 5.74) is 0.975. The van der Waals surface area contributed by atoms with E-state index in [-0.39, 0.29) is 11.3 Å². The number of amides is 1. The molecule has 1 aliphatic rings. The van der Waals surface area contributed by atoms with E-state index in [0.717, 1.165) is 11.0 Å². The Morgan fingerprint density at radius 2 is 2.00 bits per heavy atom. The summed E-state index contributed by atoms with van der Waals surface area (Å²) in [6, 6.07) is 7.49. The van der Waals surface area contributed by atoms with Crippen LogP contribution >= 0.6 is 0 Å². The highest BCUT2D eigenvalue weighted by Gasteiger charge is 2.33. The van der Waals surface area contributed by atoms with Gasteiger partial charge < -0.3 is 9.64 Å². The van der Waals surface area contributed by atoms with Crippen LogP contribution in [0.2, 0.25) is 0 Å². The van der Waals surface area contributed by atoms with Crippen molar-refractivity contribution in [1.29, 1.82) is 0 Å². The van der Waals surface area contributed by atoms with E-state index in [2.05, 4.69) is 9.97 Å². The number of carbonyl (C=O) groups is 1. The van der Waals surface area contributed by atoms with Crippen molar-refractivity contribution in [3.05, 3.63) is 30.5 Å². The largest absolute Gasteiger partial charge is 0.444 e. The van der Waals surface area contributed by atoms with Crippen LogP contribution < -0.4 is 0 Å². The Morgan fingerprint density at radius 3 is 2.71 bits per heavy atom. The highest BCUT2D eigenvalue weighted by Crippen LogP contribution is 2.22. The van der Waals surface area contributed by atoms with Gasteiger partial charge in [0.15, 0.2) is 0 Å². The highest BCUT2D eigenvalue weighted by atomic mass is 32.2. The Hall–Kier alpha value is -2.02. The number of fused-ring (bicyclic) bond motifs is 1. The lowest BCUT2D eigenvalue weighted by Crippen LogP contribution is -2.36. The SMILES string of the molecule is CC(C)(C)OC(=O)N1CC[C@H]([S@](=O)c2cnc3ccccc3n2)C1. The minimum absolute atomic E-state index is 0.145. The zero-order chi connectivity index (χ0) is 17.3. The highest BCUT2D eigenvalue weighted by molar-refractivity contribution is 7.85. The third-order valence-electron chi connectivity index (χ3n) is 3.73. The van der Waals surface area contributed by atoms with Gasteiger partial charge in [0.2, 0.25) is 0 Å². The molecule has 3 rings (SSSR count). The zero-order valence-corrected chi connectivity index (χ0v) is 14.9. The molecule has 128 valence electrons. The maximum Gasteiger partial charge on any atom is 0.410 e. The van der Waals surface area contributed by atoms with E-state index >= 15 is 0 Å². The molecule has 1 aromatic carbocycles. The lowest BCUT2D eigenvalue weighted by molar-refractivity contribution is 0.0295. The van der Waals surface area contributed by atoms with Crippen LogP contribution in [-0.4, -0.2) is 49.1 Å². The third kappa shape index (κ3) is 3.72. The molecule has 0 aliphatic carbocycles. The van der Waals surface area contributed by atoms with Crippen molar-refractivity contribution in [2.45, 2.75) is 43.1 Å². The fraction of sp³-hybridized carbons (Fsp3) is 0.471. The average Bonchev–Trinajstić information content (AvgIpc) is 3.02. The fourth-order valence-electron chi connectivity index (χ4n) is 2.60. The van der Waals surface area contributed by atoms with Crippen molar-refractivity contribution in [2.75, 3.05) is 13.1 Å². The number of hydrogen-bond acceptors (Lipinski definition) is 5. The minimum atomic E-state index is -1.30. The van der Waals surface area contributed by atoms with Gasteiger partial charge in [-0.2, -0.15) is 0 Å². The third-order valence-corrected chi connectivity index (χ3v) is 5.33. The second-order valence-corrected chi connectivity index (χ2v) is 8.51. The van der Waals surface area contributed by atoms with E-state index in [1.165, 1.54) is 0 Å². The predicted octanol–water partition coefficient (Wildman–Crippen LogP) is 2.75. The first-order valence-corrected chi connectivity index (χ1v) is 9.15. The Bertz CT molecular complexity index is 788. The molecule has 24 heavy (non-hydrogen) atoms. The quantitative estimate of drug-likeness (QED) is 0.835. The Kier molecular flexibility index (Phi) is 4.54. The molecule has 0 spiro atoms. The van der Waals surface area contributed by atoms with Crippen molar-refractivity contribution >= 4 is 27.9 Å². The van der Waals surface area contributed by atoms with E-state index in [1.807, 2.05) is 45.0 Å². The van der Waals surface area contributed by atoms with Gasteiger partial charge in [0, 0.05) is 13.1 Å². The summed E-state index contributed by atoms with van der Waals surface area (Å²) < 4.78 is 18.1. The molecular formula is C17H21N3O3S. The second-order valence-electron chi connectivity index (χ2n) is 6.83. The number of carbonyl (C=O) groups excluding carboxylic acids is 1. The summed E-state index contributed by atoms with van der Waals surface area (Å²) in [5, 5.41) is 0.317. The van der Waals surface area contributed by atoms with Gasteiger partial charge >= 0.3 is 6.09 Å². The zero-order valence-electron chi connectivity index (χ0n) is 14.1. The molecule has 0 bridgehead atoms. The standard InChI is InChI=1S/C17H21N3O3S/c1-17(2,3)23-16(21)20-9-8-12(11-20)24(22)15-10-18-13-6-4-5-7-14(13)19-15/h4-7,10,12H,8-9,11H2,1-3H3/t12-,24-/m0/s1. The van der Waals surface area contributed by atoms with E-state index < -0.39 is 16.4 Å². The second kappa shape index (κ2) is 6.47. The number of ether oxygens (including phenoxy) is 1. The molecule has 0 radical (unpaired) electrons. The van der Waals surface area contributed by atoms with Crippen LogP contribution in [0.5, 0.6) is 0 Å². The van der Waals surface area contributed by atoms with E-state index in [0.29, 0.717) is 24.5 Å². The van der Waals surface area contributed by atoms with Gasteiger partial charge in [0.1, 0.15) is 10.6 Å². The first kappa shape index (κ1) is 16.8. The molecule has 2 atom stereocenters. The van der Waals surface area contributed by atoms with Crippen molar-refractivity contribution in [2.24, 2.45) is 0 Å². The van der Waals surface area contributed by atoms with E-state index in [4.69, 9.17) is 4.74 Å². The molecule has 6 nitrogen and oxygen atoms in total. The lowest BCUT2D eigenvalue weighted by atomic mass is 10.2. The van der Waals surface area contributed by atoms with E-state index in [9.17, 15) is 9.00 Å². The molecular weight excluding hydrogens is 326 g/mol. The average molecular weight is 347 g/mol. The summed E-state index contributed by atoms with van der Waals surface area (Å²) in [6.07, 6.45) is 1.88. The molecule has 1 aliphatic heterocycles. The summed E-state index contributed by atoms with van der Waals surface area (Å²) >= 11 is 0. The molecule has 0 saturated carbocycles. The molecule has 1 amide bonds. The Balaban J connectivity index is 1.70. The van der Waals surface area contributed by atoms with Gasteiger partial charge in [-0.25, -0.2) is 9.78 Å². The van der Waals surface area contributed by atoms with E-state index in [1.54, 1.807) is 11.1 Å². The number of rotatable bonds is 2. The molecule has 1 fully saturated rings. The number of para-hydroxylation sites is 2. The molecule has 1 saturated heterocycles. The molecule has 2 heterocycles. The first-order chi connectivity index (χ1) is 11.3. The summed E-state index contributed by atoms with van der Waals surface area (Å²) in [4.78, 5) is 22.5. The van der Waals surface area contributed by atoms with Crippen LogP contribution in [0.3, 0.4) is 0 Å². The first-order valence-electron chi connectivity index (χ1n) is 7.94. The van der Waals surface area contributed by atoms with Crippen molar-refractivity contribution in [3.8, 4) is 0 Å². The molecule has 0 N–H and O–H groups in total. The van der Waals surface area contributed by atoms with Crippen LogP contribution in [-0.2, 0) is 15.5 Å². The Morgan fingerprint density at radius 1 is 1.29 bits per heavy atom. The summed E-state index contributed by atoms with van der Waals surface area (Å²) in [6.45, 7) is 6.46. The number of nitrogens with zero attached hydrogens (tertiary/aromatic N) is 3. The molecule has 7 heteroatoms. The van der Waals surface area contributed by atoms with Crippen molar-refractivity contribution < 1.29 is 13.7 Å². The maximum absolute atomic E-state index is 12.8. The lowest BCUT2D eigenvalue weighted by Gasteiger charge is -2.24. The fourth-order valence-corrected chi connectivity index (χ4v) is 3.92. The van der Waals surface area contributed by atoms with Crippen molar-refractivity contribution in [3.63, 3.8) is 0 Å². The summed E-state index contributed by atoms with van der Waals surface area (Å²) in [7, 11) is -1.30. The van der Waals surface area contributed by atoms with Gasteiger partial charge in [-0.3, -0.25) is 9.19 Å². The number of likely N-dealkylation sites (tertiary alicyclic amines) is 1. The number of aromatic nitrogens is 2. The van der Waals surface area contributed by atoms with Crippen LogP contribution in [0.25, 0.3) is 11.0 Å². The maximum atomic E-state index is 12.8. The predicted molar refractivity (Wildman–Crippen MR) is 92.2 cm³/mol. The molecule has 1 aromatic heterocycles. The van der Waals surface area contributed by atoms with Crippen LogP contribution in [0.4, 0.5) is 4.79 Å². The smallest absolute Gasteiger partial charge is 0.410 e. The summed E-state index contributed by atoms with van der Waals surface area (Å²) in [5.74, 6) is 0. The van der Waals surface area contributed by atoms with Crippen LogP contribution in [0.15, 0.2) is 35.5 Å². The minimum Gasteiger partial charge on any atom is -0.444 e.